The fourth-order valence-electron chi connectivity index (χ4n) is 4.08. The molecule has 1 aromatic rings. The Morgan fingerprint density at radius 1 is 0.963 bits per heavy atom. The molecule has 1 saturated heterocycles. The second kappa shape index (κ2) is 7.47. The molecule has 1 fully saturated rings. The number of hydrogen-bond acceptors (Lipinski definition) is 3. The summed E-state index contributed by atoms with van der Waals surface area (Å²) in [5, 5.41) is 0. The summed E-state index contributed by atoms with van der Waals surface area (Å²) in [7, 11) is 3.90. The van der Waals surface area contributed by atoms with Crippen LogP contribution in [-0.2, 0) is 11.8 Å². The van der Waals surface area contributed by atoms with Crippen LogP contribution in [0.2, 0.25) is 0 Å². The number of nitrogens with zero attached hydrogens (tertiary/aromatic N) is 3. The van der Waals surface area contributed by atoms with Gasteiger partial charge >= 0.3 is 0 Å². The molecule has 0 spiro atoms. The number of likely N-dealkylation sites (N-methyl/N-ethyl adjacent to an activating group) is 1. The highest BCUT2D eigenvalue weighted by Gasteiger charge is 2.32. The first-order valence-electron chi connectivity index (χ1n) is 9.79. The number of piperazine rings is 1. The van der Waals surface area contributed by atoms with E-state index >= 15 is 0 Å². The molecule has 2 atom stereocenters. The van der Waals surface area contributed by atoms with Gasteiger partial charge < -0.3 is 14.4 Å². The average Bonchev–Trinajstić information content (AvgIpc) is 2.65. The first-order chi connectivity index (χ1) is 12.7. The van der Waals surface area contributed by atoms with Crippen molar-refractivity contribution in [2.75, 3.05) is 33.2 Å². The molecule has 27 heavy (non-hydrogen) atoms. The molecule has 1 aliphatic heterocycles. The van der Waals surface area contributed by atoms with E-state index in [1.165, 1.54) is 5.57 Å². The van der Waals surface area contributed by atoms with Crippen molar-refractivity contribution in [3.8, 4) is 0 Å². The van der Waals surface area contributed by atoms with Crippen molar-refractivity contribution in [3.63, 3.8) is 0 Å². The van der Waals surface area contributed by atoms with E-state index in [9.17, 15) is 9.59 Å². The first-order valence-corrected chi connectivity index (χ1v) is 9.79. The minimum atomic E-state index is 0.0508. The molecule has 3 rings (SSSR count). The maximum atomic E-state index is 13.0. The fraction of sp³-hybridized carbons (Fsp3) is 0.545. The van der Waals surface area contributed by atoms with E-state index in [0.29, 0.717) is 0 Å². The third-order valence-corrected chi connectivity index (χ3v) is 6.45. The van der Waals surface area contributed by atoms with Gasteiger partial charge in [-0.05, 0) is 49.4 Å². The highest BCUT2D eigenvalue weighted by atomic mass is 16.2. The van der Waals surface area contributed by atoms with Crippen LogP contribution in [0.3, 0.4) is 0 Å². The van der Waals surface area contributed by atoms with E-state index in [-0.39, 0.29) is 23.3 Å². The van der Waals surface area contributed by atoms with Crippen LogP contribution < -0.4 is 5.56 Å². The van der Waals surface area contributed by atoms with Gasteiger partial charge in [0.05, 0.1) is 0 Å². The lowest BCUT2D eigenvalue weighted by Crippen LogP contribution is -2.48. The molecule has 1 aliphatic carbocycles. The Morgan fingerprint density at radius 2 is 1.59 bits per heavy atom. The summed E-state index contributed by atoms with van der Waals surface area (Å²) in [4.78, 5) is 29.5. The summed E-state index contributed by atoms with van der Waals surface area (Å²) in [6.07, 6.45) is 6.02. The van der Waals surface area contributed by atoms with E-state index in [2.05, 4.69) is 31.9 Å². The van der Waals surface area contributed by atoms with E-state index < -0.39 is 0 Å². The molecule has 2 unspecified atom stereocenters. The molecule has 0 radical (unpaired) electrons. The smallest absolute Gasteiger partial charge is 0.253 e. The molecule has 5 heteroatoms. The van der Waals surface area contributed by atoms with Gasteiger partial charge in [-0.1, -0.05) is 26.0 Å². The van der Waals surface area contributed by atoms with Crippen LogP contribution >= 0.6 is 0 Å². The van der Waals surface area contributed by atoms with Crippen LogP contribution in [0.5, 0.6) is 0 Å². The molecule has 0 saturated carbocycles. The van der Waals surface area contributed by atoms with Crippen LogP contribution in [0.25, 0.3) is 5.57 Å². The molecular weight excluding hydrogens is 338 g/mol. The topological polar surface area (TPSA) is 45.6 Å². The van der Waals surface area contributed by atoms with Gasteiger partial charge in [-0.25, -0.2) is 0 Å². The lowest BCUT2D eigenvalue weighted by Gasteiger charge is -2.36. The quantitative estimate of drug-likeness (QED) is 0.804. The number of carbonyl (C=O) groups excluding carboxylic acids is 1. The third kappa shape index (κ3) is 3.53. The number of aryl methyl sites for hydroxylation is 1. The lowest BCUT2D eigenvalue weighted by atomic mass is 9.76. The van der Waals surface area contributed by atoms with E-state index in [4.69, 9.17) is 0 Å². The monoisotopic (exact) mass is 369 g/mol. The standard InChI is InChI=1S/C22H31N3O2/c1-14-15(2)19(22(27)25-11-9-23(5)10-12-25)8-7-18(14)20-13-24(6)21(26)17(4)16(20)3/h7-8,13-15H,9-12H2,1-6H3. The van der Waals surface area contributed by atoms with Gasteiger partial charge in [0.25, 0.3) is 5.56 Å². The van der Waals surface area contributed by atoms with Gasteiger partial charge in [-0.3, -0.25) is 9.59 Å². The number of aromatic nitrogens is 1. The Morgan fingerprint density at radius 3 is 2.22 bits per heavy atom. The second-order valence-electron chi connectivity index (χ2n) is 8.13. The zero-order chi connectivity index (χ0) is 19.9. The van der Waals surface area contributed by atoms with Crippen LogP contribution in [0.4, 0.5) is 0 Å². The molecule has 0 aromatic carbocycles. The van der Waals surface area contributed by atoms with Crippen molar-refractivity contribution in [2.45, 2.75) is 27.7 Å². The molecule has 0 N–H and O–H groups in total. The minimum absolute atomic E-state index is 0.0508. The van der Waals surface area contributed by atoms with Crippen molar-refractivity contribution >= 4 is 11.5 Å². The highest BCUT2D eigenvalue weighted by Crippen LogP contribution is 2.38. The van der Waals surface area contributed by atoms with E-state index in [1.807, 2.05) is 31.0 Å². The molecular formula is C22H31N3O2. The predicted octanol–water partition coefficient (Wildman–Crippen LogP) is 2.37. The number of allylic oxidation sites excluding steroid dienone is 3. The molecule has 2 aliphatic rings. The normalized spacial score (nSPS) is 23.9. The van der Waals surface area contributed by atoms with Gasteiger partial charge in [-0.15, -0.1) is 0 Å². The Labute approximate surface area is 162 Å². The van der Waals surface area contributed by atoms with Crippen LogP contribution in [0, 0.1) is 25.7 Å². The largest absolute Gasteiger partial charge is 0.336 e. The first kappa shape index (κ1) is 19.6. The number of hydrogen-bond donors (Lipinski definition) is 0. The lowest BCUT2D eigenvalue weighted by molar-refractivity contribution is -0.129. The summed E-state index contributed by atoms with van der Waals surface area (Å²) in [5.74, 6) is 0.539. The van der Waals surface area contributed by atoms with Gasteiger partial charge in [0.1, 0.15) is 0 Å². The molecule has 2 heterocycles. The fourth-order valence-corrected chi connectivity index (χ4v) is 4.08. The number of carbonyl (C=O) groups is 1. The summed E-state index contributed by atoms with van der Waals surface area (Å²) in [6, 6.07) is 0. The van der Waals surface area contributed by atoms with Gasteiger partial charge in [0.15, 0.2) is 0 Å². The molecule has 146 valence electrons. The highest BCUT2D eigenvalue weighted by molar-refractivity contribution is 5.96. The maximum absolute atomic E-state index is 13.0. The summed E-state index contributed by atoms with van der Waals surface area (Å²) >= 11 is 0. The van der Waals surface area contributed by atoms with Crippen LogP contribution in [0.1, 0.15) is 30.5 Å². The third-order valence-electron chi connectivity index (χ3n) is 6.45. The summed E-state index contributed by atoms with van der Waals surface area (Å²) < 4.78 is 1.66. The molecule has 0 bridgehead atoms. The van der Waals surface area contributed by atoms with E-state index in [0.717, 1.165) is 48.4 Å². The Balaban J connectivity index is 1.95. The second-order valence-corrected chi connectivity index (χ2v) is 8.13. The zero-order valence-corrected chi connectivity index (χ0v) is 17.4. The van der Waals surface area contributed by atoms with Crippen LogP contribution in [0.15, 0.2) is 28.7 Å². The number of rotatable bonds is 2. The molecule has 1 amide bonds. The SMILES string of the molecule is Cc1c(C2=CC=C(C(=O)N3CCN(C)CC3)C(C)C2C)cn(C)c(=O)c1C. The van der Waals surface area contributed by atoms with Gasteiger partial charge in [-0.2, -0.15) is 0 Å². The van der Waals surface area contributed by atoms with Crippen molar-refractivity contribution in [1.82, 2.24) is 14.4 Å². The maximum Gasteiger partial charge on any atom is 0.253 e. The van der Waals surface area contributed by atoms with E-state index in [1.54, 1.807) is 11.6 Å². The van der Waals surface area contributed by atoms with Crippen molar-refractivity contribution < 1.29 is 4.79 Å². The number of pyridine rings is 1. The zero-order valence-electron chi connectivity index (χ0n) is 17.4. The summed E-state index contributed by atoms with van der Waals surface area (Å²) in [5.41, 5.74) is 5.08. The molecule has 5 nitrogen and oxygen atoms in total. The van der Waals surface area contributed by atoms with Crippen LogP contribution in [-0.4, -0.2) is 53.5 Å². The van der Waals surface area contributed by atoms with Gasteiger partial charge in [0, 0.05) is 50.6 Å². The van der Waals surface area contributed by atoms with Crippen molar-refractivity contribution in [1.29, 1.82) is 0 Å². The van der Waals surface area contributed by atoms with Gasteiger partial charge in [0.2, 0.25) is 5.91 Å². The Hall–Kier alpha value is -2.14. The van der Waals surface area contributed by atoms with Crippen molar-refractivity contribution in [3.05, 3.63) is 51.0 Å². The van der Waals surface area contributed by atoms with Crippen molar-refractivity contribution in [2.24, 2.45) is 18.9 Å². The minimum Gasteiger partial charge on any atom is -0.336 e. The average molecular weight is 370 g/mol. The number of amides is 1. The Bertz CT molecular complexity index is 870. The predicted molar refractivity (Wildman–Crippen MR) is 110 cm³/mol. The Kier molecular flexibility index (Phi) is 5.43. The summed E-state index contributed by atoms with van der Waals surface area (Å²) in [6.45, 7) is 11.7. The molecule has 1 aromatic heterocycles.